The first kappa shape index (κ1) is 15.8. The maximum Gasteiger partial charge on any atom is 0.282 e. The molecule has 0 amide bonds. The zero-order valence-corrected chi connectivity index (χ0v) is 12.7. The number of sulfonamides is 1. The summed E-state index contributed by atoms with van der Waals surface area (Å²) in [7, 11) is -6.68. The van der Waals surface area contributed by atoms with Crippen LogP contribution in [0.3, 0.4) is 0 Å². The molecule has 1 rings (SSSR count). The summed E-state index contributed by atoms with van der Waals surface area (Å²) in [6.07, 6.45) is 1.14. The Bertz CT molecular complexity index is 462. The van der Waals surface area contributed by atoms with Gasteiger partial charge in [-0.3, -0.25) is 0 Å². The molecule has 0 aromatic heterocycles. The molecule has 1 heterocycles. The highest BCUT2D eigenvalue weighted by Gasteiger charge is 2.32. The number of hydrogen-bond donors (Lipinski definition) is 0. The summed E-state index contributed by atoms with van der Waals surface area (Å²) in [6.45, 7) is 5.29. The minimum absolute atomic E-state index is 0.214. The van der Waals surface area contributed by atoms with Gasteiger partial charge < -0.3 is 0 Å². The molecular weight excluding hydrogens is 278 g/mol. The van der Waals surface area contributed by atoms with Crippen molar-refractivity contribution in [1.82, 2.24) is 12.9 Å². The van der Waals surface area contributed by atoms with E-state index in [1.54, 1.807) is 13.8 Å². The summed E-state index contributed by atoms with van der Waals surface area (Å²) in [6, 6.07) is 0. The van der Waals surface area contributed by atoms with Gasteiger partial charge in [-0.1, -0.05) is 13.8 Å². The maximum absolute atomic E-state index is 12.2. The fourth-order valence-corrected chi connectivity index (χ4v) is 4.38. The lowest BCUT2D eigenvalue weighted by atomic mass is 10.4. The van der Waals surface area contributed by atoms with E-state index < -0.39 is 20.2 Å². The van der Waals surface area contributed by atoms with E-state index in [1.165, 1.54) is 12.9 Å². The Morgan fingerprint density at radius 2 is 1.28 bits per heavy atom. The third kappa shape index (κ3) is 3.41. The summed E-state index contributed by atoms with van der Waals surface area (Å²) in [5.74, 6) is 0. The Balaban J connectivity index is 2.74. The molecule has 0 aromatic carbocycles. The predicted molar refractivity (Wildman–Crippen MR) is 69.8 cm³/mol. The molecule has 0 saturated carbocycles. The summed E-state index contributed by atoms with van der Waals surface area (Å²) in [4.78, 5) is 0. The van der Waals surface area contributed by atoms with E-state index in [-0.39, 0.29) is 26.2 Å². The zero-order chi connectivity index (χ0) is 14.0. The second-order valence-corrected chi connectivity index (χ2v) is 8.06. The molecule has 1 aliphatic rings. The van der Waals surface area contributed by atoms with Crippen LogP contribution in [0.25, 0.3) is 0 Å². The van der Waals surface area contributed by atoms with Gasteiger partial charge in [0.15, 0.2) is 0 Å². The van der Waals surface area contributed by atoms with Gasteiger partial charge in [0.25, 0.3) is 10.2 Å². The smallest absolute Gasteiger partial charge is 0.213 e. The Labute approximate surface area is 110 Å². The van der Waals surface area contributed by atoms with Gasteiger partial charge in [-0.15, -0.1) is 0 Å². The Kier molecular flexibility index (Phi) is 5.13. The lowest BCUT2D eigenvalue weighted by molar-refractivity contribution is 0.257. The fraction of sp³-hybridized carbons (Fsp3) is 1.00. The predicted octanol–water partition coefficient (Wildman–Crippen LogP) is -0.850. The molecule has 18 heavy (non-hydrogen) atoms. The molecule has 1 fully saturated rings. The monoisotopic (exact) mass is 299 g/mol. The highest BCUT2D eigenvalue weighted by atomic mass is 32.2. The zero-order valence-electron chi connectivity index (χ0n) is 11.0. The van der Waals surface area contributed by atoms with Gasteiger partial charge >= 0.3 is 0 Å². The van der Waals surface area contributed by atoms with Crippen LogP contribution in [-0.4, -0.2) is 75.3 Å². The van der Waals surface area contributed by atoms with E-state index in [4.69, 9.17) is 0 Å². The van der Waals surface area contributed by atoms with Crippen molar-refractivity contribution in [1.29, 1.82) is 0 Å². The van der Waals surface area contributed by atoms with Crippen LogP contribution in [0.15, 0.2) is 0 Å². The standard InChI is InChI=1S/C9H21N3O4S2/c1-4-10(5-2)18(15,16)12-8-6-11(7-9-12)17(3,13)14/h4-9H2,1-3H3. The van der Waals surface area contributed by atoms with Crippen LogP contribution in [0, 0.1) is 0 Å². The van der Waals surface area contributed by atoms with E-state index in [2.05, 4.69) is 0 Å². The molecule has 0 bridgehead atoms. The fourth-order valence-electron chi connectivity index (χ4n) is 1.95. The van der Waals surface area contributed by atoms with Crippen molar-refractivity contribution in [3.05, 3.63) is 0 Å². The second-order valence-electron chi connectivity index (χ2n) is 4.15. The van der Waals surface area contributed by atoms with Crippen molar-refractivity contribution >= 4 is 20.2 Å². The molecule has 0 spiro atoms. The van der Waals surface area contributed by atoms with Crippen LogP contribution >= 0.6 is 0 Å². The van der Waals surface area contributed by atoms with E-state index >= 15 is 0 Å². The molecule has 108 valence electrons. The van der Waals surface area contributed by atoms with Crippen LogP contribution in [-0.2, 0) is 20.2 Å². The highest BCUT2D eigenvalue weighted by molar-refractivity contribution is 7.88. The van der Waals surface area contributed by atoms with Gasteiger partial charge in [0.1, 0.15) is 0 Å². The molecule has 0 aromatic rings. The minimum Gasteiger partial charge on any atom is -0.213 e. The summed E-state index contributed by atoms with van der Waals surface area (Å²) >= 11 is 0. The topological polar surface area (TPSA) is 78.0 Å². The van der Waals surface area contributed by atoms with Crippen molar-refractivity contribution in [2.75, 3.05) is 45.5 Å². The second kappa shape index (κ2) is 5.83. The lowest BCUT2D eigenvalue weighted by Gasteiger charge is -2.35. The highest BCUT2D eigenvalue weighted by Crippen LogP contribution is 2.13. The summed E-state index contributed by atoms with van der Waals surface area (Å²) in [5.41, 5.74) is 0. The van der Waals surface area contributed by atoms with Gasteiger partial charge in [0, 0.05) is 39.3 Å². The molecule has 0 N–H and O–H groups in total. The Morgan fingerprint density at radius 1 is 0.889 bits per heavy atom. The number of nitrogens with zero attached hydrogens (tertiary/aromatic N) is 3. The molecule has 1 aliphatic heterocycles. The van der Waals surface area contributed by atoms with Crippen molar-refractivity contribution in [3.8, 4) is 0 Å². The molecule has 9 heteroatoms. The van der Waals surface area contributed by atoms with E-state index in [0.29, 0.717) is 13.1 Å². The average Bonchev–Trinajstić information content (AvgIpc) is 2.29. The largest absolute Gasteiger partial charge is 0.282 e. The SMILES string of the molecule is CCN(CC)S(=O)(=O)N1CCN(S(C)(=O)=O)CC1. The first-order valence-corrected chi connectivity index (χ1v) is 9.18. The molecule has 0 atom stereocenters. The van der Waals surface area contributed by atoms with Crippen molar-refractivity contribution < 1.29 is 16.8 Å². The van der Waals surface area contributed by atoms with Crippen molar-refractivity contribution in [2.24, 2.45) is 0 Å². The van der Waals surface area contributed by atoms with Gasteiger partial charge in [0.05, 0.1) is 6.26 Å². The van der Waals surface area contributed by atoms with Gasteiger partial charge in [-0.25, -0.2) is 8.42 Å². The van der Waals surface area contributed by atoms with Crippen LogP contribution < -0.4 is 0 Å². The number of piperazine rings is 1. The molecule has 1 saturated heterocycles. The number of hydrogen-bond acceptors (Lipinski definition) is 4. The van der Waals surface area contributed by atoms with Crippen molar-refractivity contribution in [3.63, 3.8) is 0 Å². The average molecular weight is 299 g/mol. The number of rotatable bonds is 5. The molecule has 0 radical (unpaired) electrons. The maximum atomic E-state index is 12.2. The Morgan fingerprint density at radius 3 is 1.61 bits per heavy atom. The third-order valence-electron chi connectivity index (χ3n) is 3.02. The van der Waals surface area contributed by atoms with Gasteiger partial charge in [-0.2, -0.15) is 21.3 Å². The normalized spacial score (nSPS) is 20.4. The minimum atomic E-state index is -3.45. The molecule has 0 aliphatic carbocycles. The Hall–Kier alpha value is -0.220. The van der Waals surface area contributed by atoms with Crippen molar-refractivity contribution in [2.45, 2.75) is 13.8 Å². The third-order valence-corrected chi connectivity index (χ3v) is 6.51. The summed E-state index contributed by atoms with van der Waals surface area (Å²) in [5, 5.41) is 0. The van der Waals surface area contributed by atoms with E-state index in [1.807, 2.05) is 0 Å². The molecular formula is C9H21N3O4S2. The summed E-state index contributed by atoms with van der Waals surface area (Å²) < 4.78 is 51.1. The lowest BCUT2D eigenvalue weighted by Crippen LogP contribution is -2.53. The first-order chi connectivity index (χ1) is 8.23. The van der Waals surface area contributed by atoms with E-state index in [0.717, 1.165) is 6.26 Å². The van der Waals surface area contributed by atoms with Gasteiger partial charge in [-0.05, 0) is 0 Å². The van der Waals surface area contributed by atoms with Gasteiger partial charge in [0.2, 0.25) is 10.0 Å². The van der Waals surface area contributed by atoms with Crippen LogP contribution in [0.1, 0.15) is 13.8 Å². The van der Waals surface area contributed by atoms with Crippen LogP contribution in [0.4, 0.5) is 0 Å². The molecule has 0 unspecified atom stereocenters. The molecule has 7 nitrogen and oxygen atoms in total. The van der Waals surface area contributed by atoms with Crippen LogP contribution in [0.2, 0.25) is 0 Å². The van der Waals surface area contributed by atoms with E-state index in [9.17, 15) is 16.8 Å². The first-order valence-electron chi connectivity index (χ1n) is 5.93. The quantitative estimate of drug-likeness (QED) is 0.662. The van der Waals surface area contributed by atoms with Crippen LogP contribution in [0.5, 0.6) is 0 Å².